The minimum absolute atomic E-state index is 0.144. The zero-order valence-corrected chi connectivity index (χ0v) is 28.1. The molecule has 1 amide bonds. The molecule has 9 heteroatoms. The van der Waals surface area contributed by atoms with Gasteiger partial charge in [-0.3, -0.25) is 4.98 Å². The number of aryl methyl sites for hydroxylation is 1. The molecular formula is C38H41N5O4. The first-order valence-electron chi connectivity index (χ1n) is 16.1. The van der Waals surface area contributed by atoms with Gasteiger partial charge >= 0.3 is 12.2 Å². The number of likely N-dealkylation sites (tertiary alicyclic amines) is 1. The average Bonchev–Trinajstić information content (AvgIpc) is 3.60. The highest BCUT2D eigenvalue weighted by Crippen LogP contribution is 2.42. The second-order valence-electron chi connectivity index (χ2n) is 14.3. The summed E-state index contributed by atoms with van der Waals surface area (Å²) < 4.78 is 12.8. The number of nitrogens with zero attached hydrogens (tertiary/aromatic N) is 5. The second-order valence-corrected chi connectivity index (χ2v) is 14.3. The number of amides is 1. The summed E-state index contributed by atoms with van der Waals surface area (Å²) in [6.07, 6.45) is 10.6. The number of ether oxygens (including phenoxy) is 2. The van der Waals surface area contributed by atoms with Crippen molar-refractivity contribution in [3.63, 3.8) is 0 Å². The van der Waals surface area contributed by atoms with Crippen molar-refractivity contribution in [1.29, 1.82) is 0 Å². The van der Waals surface area contributed by atoms with Crippen LogP contribution in [0.2, 0.25) is 0 Å². The predicted octanol–water partition coefficient (Wildman–Crippen LogP) is 7.74. The van der Waals surface area contributed by atoms with Crippen molar-refractivity contribution in [2.24, 2.45) is 5.92 Å². The van der Waals surface area contributed by atoms with Crippen molar-refractivity contribution < 1.29 is 19.1 Å². The van der Waals surface area contributed by atoms with Gasteiger partial charge < -0.3 is 14.4 Å². The first-order chi connectivity index (χ1) is 22.2. The number of aromatic nitrogens is 4. The van der Waals surface area contributed by atoms with E-state index in [9.17, 15) is 9.59 Å². The summed E-state index contributed by atoms with van der Waals surface area (Å²) in [6, 6.07) is 10.1. The lowest BCUT2D eigenvalue weighted by molar-refractivity contribution is 0.0159. The van der Waals surface area contributed by atoms with Crippen LogP contribution in [0, 0.1) is 24.7 Å². The molecule has 1 aliphatic carbocycles. The maximum Gasteiger partial charge on any atom is 0.420 e. The third kappa shape index (κ3) is 7.22. The van der Waals surface area contributed by atoms with Crippen LogP contribution in [0.4, 0.5) is 9.59 Å². The summed E-state index contributed by atoms with van der Waals surface area (Å²) in [5, 5.41) is 0. The lowest BCUT2D eigenvalue weighted by Gasteiger charge is -2.36. The number of piperidine rings is 1. The molecular weight excluding hydrogens is 590 g/mol. The molecule has 9 nitrogen and oxygen atoms in total. The summed E-state index contributed by atoms with van der Waals surface area (Å²) in [5.74, 6) is 6.67. The summed E-state index contributed by atoms with van der Waals surface area (Å²) in [6.45, 7) is 14.4. The molecule has 1 fully saturated rings. The van der Waals surface area contributed by atoms with E-state index >= 15 is 0 Å². The van der Waals surface area contributed by atoms with Crippen LogP contribution in [0.5, 0.6) is 0 Å². The van der Waals surface area contributed by atoms with Gasteiger partial charge in [-0.25, -0.2) is 24.1 Å². The highest BCUT2D eigenvalue weighted by molar-refractivity contribution is 5.97. The third-order valence-electron chi connectivity index (χ3n) is 8.17. The van der Waals surface area contributed by atoms with E-state index < -0.39 is 17.3 Å². The Balaban J connectivity index is 1.37. The fourth-order valence-corrected chi connectivity index (χ4v) is 6.17. The molecule has 2 unspecified atom stereocenters. The third-order valence-corrected chi connectivity index (χ3v) is 8.17. The van der Waals surface area contributed by atoms with E-state index in [2.05, 4.69) is 46.1 Å². The molecule has 0 bridgehead atoms. The van der Waals surface area contributed by atoms with Gasteiger partial charge in [-0.2, -0.15) is 0 Å². The number of benzene rings is 1. The number of pyridine rings is 1. The largest absolute Gasteiger partial charge is 0.444 e. The normalized spacial score (nSPS) is 17.6. The summed E-state index contributed by atoms with van der Waals surface area (Å²) in [5.41, 5.74) is 5.94. The molecule has 1 aromatic carbocycles. The molecule has 4 aromatic rings. The SMILES string of the molecule is Cc1cc(C#Cc2cnc3c(n2)c(-c2ccc4c(c2)C(C2CCCN(C(=O)OC(C)(C)C)C2)C=C4)cn3C(=O)OC(C)(C)C)ccn1. The highest BCUT2D eigenvalue weighted by Gasteiger charge is 2.34. The van der Waals surface area contributed by atoms with Crippen molar-refractivity contribution in [3.8, 4) is 23.0 Å². The summed E-state index contributed by atoms with van der Waals surface area (Å²) in [7, 11) is 0. The van der Waals surface area contributed by atoms with Crippen LogP contribution in [0.1, 0.15) is 88.4 Å². The van der Waals surface area contributed by atoms with Gasteiger partial charge in [-0.15, -0.1) is 0 Å². The van der Waals surface area contributed by atoms with Crippen molar-refractivity contribution >= 4 is 29.4 Å². The van der Waals surface area contributed by atoms with E-state index in [0.717, 1.165) is 40.8 Å². The first kappa shape index (κ1) is 32.0. The Morgan fingerprint density at radius 1 is 0.957 bits per heavy atom. The van der Waals surface area contributed by atoms with E-state index in [1.807, 2.05) is 71.6 Å². The van der Waals surface area contributed by atoms with Crippen LogP contribution in [-0.2, 0) is 9.47 Å². The fourth-order valence-electron chi connectivity index (χ4n) is 6.17. The topological polar surface area (TPSA) is 99.4 Å². The van der Waals surface area contributed by atoms with E-state index in [-0.39, 0.29) is 17.9 Å². The number of fused-ring (bicyclic) bond motifs is 2. The molecule has 0 radical (unpaired) electrons. The maximum absolute atomic E-state index is 13.4. The lowest BCUT2D eigenvalue weighted by atomic mass is 9.81. The van der Waals surface area contributed by atoms with Gasteiger partial charge in [0.05, 0.1) is 6.20 Å². The zero-order chi connectivity index (χ0) is 33.5. The lowest BCUT2D eigenvalue weighted by Crippen LogP contribution is -2.43. The highest BCUT2D eigenvalue weighted by atomic mass is 16.6. The standard InChI is InChI=1S/C38H41N5O4/c1-24-19-25(16-17-39-24)10-14-29-21-40-34-33(41-29)32(23-43(34)36(45)47-38(5,6)7)27-12-11-26-13-15-30(31(26)20-27)28-9-8-18-42(22-28)35(44)46-37(2,3)4/h11-13,15-17,19-21,23,28,30H,8-9,18,22H2,1-7H3. The number of carbonyl (C=O) groups is 2. The predicted molar refractivity (Wildman–Crippen MR) is 182 cm³/mol. The zero-order valence-electron chi connectivity index (χ0n) is 28.1. The van der Waals surface area contributed by atoms with Crippen molar-refractivity contribution in [1.82, 2.24) is 24.4 Å². The first-order valence-corrected chi connectivity index (χ1v) is 16.1. The fraction of sp³-hybridized carbons (Fsp3) is 0.395. The van der Waals surface area contributed by atoms with E-state index in [1.165, 1.54) is 10.1 Å². The van der Waals surface area contributed by atoms with Crippen LogP contribution < -0.4 is 0 Å². The van der Waals surface area contributed by atoms with Crippen molar-refractivity contribution in [2.45, 2.75) is 78.4 Å². The van der Waals surface area contributed by atoms with Gasteiger partial charge in [-0.05, 0) is 108 Å². The molecule has 2 atom stereocenters. The van der Waals surface area contributed by atoms with Gasteiger partial charge in [0.2, 0.25) is 0 Å². The number of hydrogen-bond acceptors (Lipinski definition) is 7. The second kappa shape index (κ2) is 12.3. The molecule has 3 aromatic heterocycles. The molecule has 0 saturated carbocycles. The number of allylic oxidation sites excluding steroid dienone is 1. The minimum Gasteiger partial charge on any atom is -0.444 e. The molecule has 0 spiro atoms. The van der Waals surface area contributed by atoms with E-state index in [1.54, 1.807) is 18.6 Å². The Morgan fingerprint density at radius 3 is 2.47 bits per heavy atom. The van der Waals surface area contributed by atoms with E-state index in [0.29, 0.717) is 29.9 Å². The Bertz CT molecular complexity index is 1950. The number of carbonyl (C=O) groups excluding carboxylic acids is 2. The molecule has 0 N–H and O–H groups in total. The van der Waals surface area contributed by atoms with Crippen LogP contribution in [-0.4, -0.2) is 60.9 Å². The van der Waals surface area contributed by atoms with Crippen molar-refractivity contribution in [2.75, 3.05) is 13.1 Å². The van der Waals surface area contributed by atoms with Crippen LogP contribution in [0.3, 0.4) is 0 Å². The van der Waals surface area contributed by atoms with Crippen LogP contribution >= 0.6 is 0 Å². The van der Waals surface area contributed by atoms with Gasteiger partial charge in [0.15, 0.2) is 5.65 Å². The van der Waals surface area contributed by atoms with Crippen LogP contribution in [0.15, 0.2) is 55.0 Å². The van der Waals surface area contributed by atoms with Crippen LogP contribution in [0.25, 0.3) is 28.4 Å². The molecule has 2 aliphatic rings. The van der Waals surface area contributed by atoms with E-state index in [4.69, 9.17) is 14.5 Å². The van der Waals surface area contributed by atoms with Gasteiger partial charge in [-0.1, -0.05) is 30.2 Å². The Labute approximate surface area is 276 Å². The van der Waals surface area contributed by atoms with Gasteiger partial charge in [0, 0.05) is 48.2 Å². The minimum atomic E-state index is -0.686. The number of rotatable bonds is 2. The smallest absolute Gasteiger partial charge is 0.420 e. The summed E-state index contributed by atoms with van der Waals surface area (Å²) >= 11 is 0. The number of hydrogen-bond donors (Lipinski definition) is 0. The Morgan fingerprint density at radius 2 is 1.72 bits per heavy atom. The molecule has 47 heavy (non-hydrogen) atoms. The summed E-state index contributed by atoms with van der Waals surface area (Å²) in [4.78, 5) is 41.9. The van der Waals surface area contributed by atoms with Gasteiger partial charge in [0.25, 0.3) is 0 Å². The molecule has 1 saturated heterocycles. The molecule has 4 heterocycles. The Hall–Kier alpha value is -4.97. The maximum atomic E-state index is 13.4. The van der Waals surface area contributed by atoms with Crippen molar-refractivity contribution in [3.05, 3.63) is 83.1 Å². The van der Waals surface area contributed by atoms with Gasteiger partial charge in [0.1, 0.15) is 22.4 Å². The molecule has 242 valence electrons. The monoisotopic (exact) mass is 631 g/mol. The quantitative estimate of drug-likeness (QED) is 0.209. The molecule has 1 aliphatic heterocycles. The average molecular weight is 632 g/mol. The molecule has 6 rings (SSSR count). The Kier molecular flexibility index (Phi) is 8.39.